The molecule has 1 amide bonds. The minimum absolute atomic E-state index is 0. The van der Waals surface area contributed by atoms with Gasteiger partial charge in [0.2, 0.25) is 0 Å². The highest BCUT2D eigenvalue weighted by atomic mass is 127. The topological polar surface area (TPSA) is 82.3 Å². The Morgan fingerprint density at radius 1 is 1.24 bits per heavy atom. The number of ether oxygens (including phenoxy) is 1. The summed E-state index contributed by atoms with van der Waals surface area (Å²) in [6.45, 7) is 10.3. The second kappa shape index (κ2) is 12.4. The van der Waals surface area contributed by atoms with E-state index in [2.05, 4.69) is 25.4 Å². The van der Waals surface area contributed by atoms with Gasteiger partial charge in [0.25, 0.3) is 5.91 Å². The Balaban J connectivity index is 0.00000300. The molecule has 1 aromatic rings. The molecule has 9 heteroatoms. The first-order chi connectivity index (χ1) is 13.7. The summed E-state index contributed by atoms with van der Waals surface area (Å²) < 4.78 is 10.6. The lowest BCUT2D eigenvalue weighted by Crippen LogP contribution is -2.43. The second-order valence-corrected chi connectivity index (χ2v) is 7.53. The molecule has 2 aliphatic heterocycles. The van der Waals surface area contributed by atoms with Gasteiger partial charge in [-0.1, -0.05) is 0 Å². The number of morpholine rings is 1. The van der Waals surface area contributed by atoms with Gasteiger partial charge >= 0.3 is 0 Å². The summed E-state index contributed by atoms with van der Waals surface area (Å²) in [5.41, 5.74) is 0.858. The van der Waals surface area contributed by atoms with Crippen LogP contribution in [0.5, 0.6) is 0 Å². The molecule has 1 aromatic heterocycles. The fraction of sp³-hybridized carbons (Fsp3) is 0.700. The summed E-state index contributed by atoms with van der Waals surface area (Å²) in [6, 6.07) is 1.79. The summed E-state index contributed by atoms with van der Waals surface area (Å²) in [7, 11) is 1.83. The fourth-order valence-corrected chi connectivity index (χ4v) is 3.83. The Bertz CT molecular complexity index is 660. The molecule has 2 fully saturated rings. The van der Waals surface area contributed by atoms with E-state index in [1.165, 1.54) is 12.7 Å². The Labute approximate surface area is 190 Å². The van der Waals surface area contributed by atoms with E-state index in [1.54, 1.807) is 6.07 Å². The number of halogens is 1. The van der Waals surface area contributed by atoms with E-state index in [0.717, 1.165) is 70.4 Å². The van der Waals surface area contributed by atoms with Crippen LogP contribution in [-0.2, 0) is 4.74 Å². The molecule has 1 unspecified atom stereocenters. The minimum Gasteiger partial charge on any atom is -0.459 e. The quantitative estimate of drug-likeness (QED) is 0.246. The average Bonchev–Trinajstić information content (AvgIpc) is 3.34. The average molecular weight is 519 g/mol. The molecule has 3 heterocycles. The molecule has 2 N–H and O–H groups in total. The maximum Gasteiger partial charge on any atom is 0.287 e. The highest BCUT2D eigenvalue weighted by molar-refractivity contribution is 14.0. The number of likely N-dealkylation sites (tertiary alicyclic amines) is 1. The van der Waals surface area contributed by atoms with Crippen LogP contribution >= 0.6 is 24.0 Å². The van der Waals surface area contributed by atoms with Gasteiger partial charge in [0.15, 0.2) is 11.7 Å². The molecule has 29 heavy (non-hydrogen) atoms. The lowest BCUT2D eigenvalue weighted by molar-refractivity contribution is 0.0315. The Morgan fingerprint density at radius 3 is 2.69 bits per heavy atom. The lowest BCUT2D eigenvalue weighted by atomic mass is 10.1. The number of hydrogen-bond acceptors (Lipinski definition) is 5. The smallest absolute Gasteiger partial charge is 0.287 e. The maximum atomic E-state index is 12.0. The van der Waals surface area contributed by atoms with Crippen LogP contribution in [0, 0.1) is 12.8 Å². The van der Waals surface area contributed by atoms with Crippen LogP contribution in [0.1, 0.15) is 29.0 Å². The van der Waals surface area contributed by atoms with Crippen molar-refractivity contribution in [2.24, 2.45) is 10.9 Å². The van der Waals surface area contributed by atoms with E-state index in [4.69, 9.17) is 9.15 Å². The number of hydrogen-bond donors (Lipinski definition) is 2. The van der Waals surface area contributed by atoms with Crippen LogP contribution in [0.15, 0.2) is 21.7 Å². The number of nitrogens with zero attached hydrogens (tertiary/aromatic N) is 3. The van der Waals surface area contributed by atoms with Crippen molar-refractivity contribution in [2.75, 3.05) is 66.1 Å². The predicted molar refractivity (Wildman–Crippen MR) is 124 cm³/mol. The number of aryl methyl sites for hydroxylation is 1. The molecule has 0 saturated carbocycles. The summed E-state index contributed by atoms with van der Waals surface area (Å²) in [4.78, 5) is 21.3. The van der Waals surface area contributed by atoms with Gasteiger partial charge in [0.1, 0.15) is 0 Å². The van der Waals surface area contributed by atoms with Crippen LogP contribution in [0.3, 0.4) is 0 Å². The third-order valence-corrected chi connectivity index (χ3v) is 5.41. The monoisotopic (exact) mass is 519 g/mol. The minimum atomic E-state index is -0.155. The van der Waals surface area contributed by atoms with Crippen molar-refractivity contribution in [1.82, 2.24) is 20.4 Å². The number of aliphatic imine (C=N–C) groups is 1. The zero-order valence-corrected chi connectivity index (χ0v) is 19.8. The van der Waals surface area contributed by atoms with E-state index in [0.29, 0.717) is 18.2 Å². The second-order valence-electron chi connectivity index (χ2n) is 7.53. The van der Waals surface area contributed by atoms with Gasteiger partial charge in [-0.2, -0.15) is 0 Å². The lowest BCUT2D eigenvalue weighted by Gasteiger charge is -2.29. The molecule has 0 aliphatic carbocycles. The SMILES string of the molecule is CN=C(NCCCNC(=O)c1occc1C)N1CCC(CN2CCOCC2)C1.I. The third-order valence-electron chi connectivity index (χ3n) is 5.41. The molecule has 3 rings (SSSR count). The van der Waals surface area contributed by atoms with Crippen molar-refractivity contribution in [1.29, 1.82) is 0 Å². The van der Waals surface area contributed by atoms with Gasteiger partial charge in [0.05, 0.1) is 19.5 Å². The van der Waals surface area contributed by atoms with Crippen LogP contribution in [0.25, 0.3) is 0 Å². The number of amides is 1. The molecule has 8 nitrogen and oxygen atoms in total. The summed E-state index contributed by atoms with van der Waals surface area (Å²) in [5.74, 6) is 1.88. The molecule has 2 aliphatic rings. The number of carbonyl (C=O) groups excluding carboxylic acids is 1. The van der Waals surface area contributed by atoms with Gasteiger partial charge in [0, 0.05) is 58.4 Å². The van der Waals surface area contributed by atoms with E-state index >= 15 is 0 Å². The summed E-state index contributed by atoms with van der Waals surface area (Å²) in [6.07, 6.45) is 3.57. The highest BCUT2D eigenvalue weighted by Gasteiger charge is 2.26. The first-order valence-electron chi connectivity index (χ1n) is 10.3. The van der Waals surface area contributed by atoms with Crippen LogP contribution in [-0.4, -0.2) is 87.7 Å². The van der Waals surface area contributed by atoms with Crippen molar-refractivity contribution >= 4 is 35.8 Å². The van der Waals surface area contributed by atoms with E-state index in [9.17, 15) is 4.79 Å². The number of carbonyl (C=O) groups is 1. The third kappa shape index (κ3) is 7.14. The number of guanidine groups is 1. The number of rotatable bonds is 7. The van der Waals surface area contributed by atoms with Crippen molar-refractivity contribution < 1.29 is 13.9 Å². The molecule has 164 valence electrons. The van der Waals surface area contributed by atoms with Gasteiger partial charge < -0.3 is 24.7 Å². The Kier molecular flexibility index (Phi) is 10.2. The van der Waals surface area contributed by atoms with Gasteiger partial charge in [-0.3, -0.25) is 14.7 Å². The zero-order chi connectivity index (χ0) is 19.8. The molecule has 0 aromatic carbocycles. The molecule has 2 saturated heterocycles. The molecule has 1 atom stereocenters. The van der Waals surface area contributed by atoms with Gasteiger partial charge in [-0.15, -0.1) is 24.0 Å². The van der Waals surface area contributed by atoms with Crippen molar-refractivity contribution in [3.8, 4) is 0 Å². The maximum absolute atomic E-state index is 12.0. The van der Waals surface area contributed by atoms with Gasteiger partial charge in [-0.25, -0.2) is 0 Å². The predicted octanol–water partition coefficient (Wildman–Crippen LogP) is 1.56. The van der Waals surface area contributed by atoms with Crippen molar-refractivity contribution in [3.05, 3.63) is 23.7 Å². The van der Waals surface area contributed by atoms with Gasteiger partial charge in [-0.05, 0) is 31.7 Å². The van der Waals surface area contributed by atoms with Crippen LogP contribution < -0.4 is 10.6 Å². The van der Waals surface area contributed by atoms with Crippen LogP contribution in [0.2, 0.25) is 0 Å². The molecular formula is C20H34IN5O3. The Morgan fingerprint density at radius 2 is 2.00 bits per heavy atom. The number of nitrogens with one attached hydrogen (secondary N) is 2. The largest absolute Gasteiger partial charge is 0.459 e. The number of furan rings is 1. The first-order valence-corrected chi connectivity index (χ1v) is 10.3. The first kappa shape index (κ1) is 23.9. The summed E-state index contributed by atoms with van der Waals surface area (Å²) in [5, 5.41) is 6.32. The summed E-state index contributed by atoms with van der Waals surface area (Å²) >= 11 is 0. The molecular weight excluding hydrogens is 485 g/mol. The van der Waals surface area contributed by atoms with E-state index in [-0.39, 0.29) is 29.9 Å². The molecule has 0 radical (unpaired) electrons. The van der Waals surface area contributed by atoms with E-state index < -0.39 is 0 Å². The molecule has 0 bridgehead atoms. The fourth-order valence-electron chi connectivity index (χ4n) is 3.83. The highest BCUT2D eigenvalue weighted by Crippen LogP contribution is 2.18. The Hall–Kier alpha value is -1.33. The zero-order valence-electron chi connectivity index (χ0n) is 17.5. The van der Waals surface area contributed by atoms with Crippen molar-refractivity contribution in [3.63, 3.8) is 0 Å². The normalized spacial score (nSPS) is 20.4. The van der Waals surface area contributed by atoms with Crippen LogP contribution in [0.4, 0.5) is 0 Å². The standard InChI is InChI=1S/C20H33N5O3.HI/c1-16-5-11-28-18(16)19(26)22-6-3-7-23-20(21-2)25-8-4-17(15-25)14-24-9-12-27-13-10-24;/h5,11,17H,3-4,6-10,12-15H2,1-2H3,(H,21,23)(H,22,26);1H. The van der Waals surface area contributed by atoms with E-state index in [1.807, 2.05) is 14.0 Å². The van der Waals surface area contributed by atoms with Crippen molar-refractivity contribution in [2.45, 2.75) is 19.8 Å². The molecule has 0 spiro atoms.